The molecule has 0 bridgehead atoms. The van der Waals surface area contributed by atoms with Crippen molar-refractivity contribution in [3.05, 3.63) is 60.2 Å². The summed E-state index contributed by atoms with van der Waals surface area (Å²) in [4.78, 5) is 26.0. The van der Waals surface area contributed by atoms with Gasteiger partial charge in [0, 0.05) is 25.1 Å². The van der Waals surface area contributed by atoms with Crippen molar-refractivity contribution in [1.82, 2.24) is 4.90 Å². The van der Waals surface area contributed by atoms with Crippen LogP contribution in [-0.4, -0.2) is 52.1 Å². The molecule has 1 heterocycles. The topological polar surface area (TPSA) is 77.8 Å². The zero-order chi connectivity index (χ0) is 18.5. The molecule has 136 valence electrons. The third kappa shape index (κ3) is 4.36. The standard InChI is InChI=1S/C21H23NO4/c23-18-10-12-22(13-11-18)19(21(25)26)14-20(24)17-8-6-16(7-9-17)15-4-2-1-3-5-15/h1-9,18-19,23H,10-14H2,(H,25,26). The van der Waals surface area contributed by atoms with E-state index in [0.29, 0.717) is 31.5 Å². The van der Waals surface area contributed by atoms with Crippen LogP contribution in [0.25, 0.3) is 11.1 Å². The highest BCUT2D eigenvalue weighted by molar-refractivity contribution is 5.99. The fraction of sp³-hybridized carbons (Fsp3) is 0.333. The Hall–Kier alpha value is -2.50. The molecule has 1 unspecified atom stereocenters. The van der Waals surface area contributed by atoms with Crippen molar-refractivity contribution in [2.24, 2.45) is 0 Å². The summed E-state index contributed by atoms with van der Waals surface area (Å²) < 4.78 is 0. The molecule has 5 nitrogen and oxygen atoms in total. The van der Waals surface area contributed by atoms with E-state index < -0.39 is 12.0 Å². The summed E-state index contributed by atoms with van der Waals surface area (Å²) >= 11 is 0. The molecule has 0 saturated carbocycles. The molecule has 1 saturated heterocycles. The van der Waals surface area contributed by atoms with E-state index in [1.807, 2.05) is 42.5 Å². The number of hydrogen-bond donors (Lipinski definition) is 2. The molecule has 2 aromatic carbocycles. The lowest BCUT2D eigenvalue weighted by Gasteiger charge is -2.33. The highest BCUT2D eigenvalue weighted by Crippen LogP contribution is 2.21. The molecule has 3 rings (SSSR count). The van der Waals surface area contributed by atoms with Crippen LogP contribution in [0.1, 0.15) is 29.6 Å². The molecule has 1 fully saturated rings. The Balaban J connectivity index is 1.68. The number of benzene rings is 2. The molecule has 5 heteroatoms. The first-order valence-electron chi connectivity index (χ1n) is 8.88. The van der Waals surface area contributed by atoms with Gasteiger partial charge in [0.15, 0.2) is 5.78 Å². The van der Waals surface area contributed by atoms with Gasteiger partial charge in [-0.3, -0.25) is 14.5 Å². The number of Topliss-reactive ketones (excluding diaryl/α,β-unsaturated/α-hetero) is 1. The molecule has 1 atom stereocenters. The summed E-state index contributed by atoms with van der Waals surface area (Å²) in [6.07, 6.45) is 0.658. The smallest absolute Gasteiger partial charge is 0.321 e. The number of carboxylic acid groups (broad SMARTS) is 1. The minimum atomic E-state index is -0.990. The van der Waals surface area contributed by atoms with Crippen molar-refractivity contribution >= 4 is 11.8 Å². The number of carbonyl (C=O) groups is 2. The first-order valence-corrected chi connectivity index (χ1v) is 8.88. The van der Waals surface area contributed by atoms with Gasteiger partial charge in [0.1, 0.15) is 6.04 Å². The van der Waals surface area contributed by atoms with E-state index in [9.17, 15) is 19.8 Å². The zero-order valence-corrected chi connectivity index (χ0v) is 14.5. The number of aliphatic carboxylic acids is 1. The number of likely N-dealkylation sites (tertiary alicyclic amines) is 1. The van der Waals surface area contributed by atoms with Gasteiger partial charge in [0.2, 0.25) is 0 Å². The molecule has 0 aromatic heterocycles. The fourth-order valence-electron chi connectivity index (χ4n) is 3.34. The summed E-state index contributed by atoms with van der Waals surface area (Å²) in [6, 6.07) is 16.3. The van der Waals surface area contributed by atoms with Crippen LogP contribution in [0.5, 0.6) is 0 Å². The van der Waals surface area contributed by atoms with Crippen LogP contribution in [0, 0.1) is 0 Å². The number of piperidine rings is 1. The minimum Gasteiger partial charge on any atom is -0.480 e. The second-order valence-electron chi connectivity index (χ2n) is 6.69. The summed E-state index contributed by atoms with van der Waals surface area (Å²) in [5.74, 6) is -1.17. The lowest BCUT2D eigenvalue weighted by molar-refractivity contribution is -0.144. The maximum absolute atomic E-state index is 12.6. The van der Waals surface area contributed by atoms with Gasteiger partial charge in [0.25, 0.3) is 0 Å². The molecule has 2 aromatic rings. The van der Waals surface area contributed by atoms with Gasteiger partial charge in [-0.15, -0.1) is 0 Å². The van der Waals surface area contributed by atoms with Crippen LogP contribution in [0.3, 0.4) is 0 Å². The van der Waals surface area contributed by atoms with Gasteiger partial charge in [-0.2, -0.15) is 0 Å². The van der Waals surface area contributed by atoms with Crippen molar-refractivity contribution < 1.29 is 19.8 Å². The molecule has 0 radical (unpaired) electrons. The van der Waals surface area contributed by atoms with Crippen molar-refractivity contribution in [3.63, 3.8) is 0 Å². The first kappa shape index (κ1) is 18.3. The number of aliphatic hydroxyl groups is 1. The summed E-state index contributed by atoms with van der Waals surface area (Å²) in [5, 5.41) is 19.1. The number of ketones is 1. The second-order valence-corrected chi connectivity index (χ2v) is 6.69. The van der Waals surface area contributed by atoms with Crippen LogP contribution in [0.4, 0.5) is 0 Å². The lowest BCUT2D eigenvalue weighted by Crippen LogP contribution is -2.47. The monoisotopic (exact) mass is 353 g/mol. The largest absolute Gasteiger partial charge is 0.480 e. The Labute approximate surface area is 152 Å². The van der Waals surface area contributed by atoms with E-state index in [2.05, 4.69) is 0 Å². The molecule has 0 spiro atoms. The quantitative estimate of drug-likeness (QED) is 0.781. The maximum Gasteiger partial charge on any atom is 0.321 e. The van der Waals surface area contributed by atoms with E-state index in [-0.39, 0.29) is 18.3 Å². The Bertz CT molecular complexity index is 749. The number of aliphatic hydroxyl groups excluding tert-OH is 1. The van der Waals surface area contributed by atoms with Gasteiger partial charge >= 0.3 is 5.97 Å². The van der Waals surface area contributed by atoms with E-state index in [1.165, 1.54) is 0 Å². The van der Waals surface area contributed by atoms with Crippen molar-refractivity contribution in [3.8, 4) is 11.1 Å². The minimum absolute atomic E-state index is 0.0594. The van der Waals surface area contributed by atoms with Gasteiger partial charge in [0.05, 0.1) is 6.10 Å². The van der Waals surface area contributed by atoms with E-state index in [0.717, 1.165) is 11.1 Å². The SMILES string of the molecule is O=C(CC(C(=O)O)N1CCC(O)CC1)c1ccc(-c2ccccc2)cc1. The van der Waals surface area contributed by atoms with Gasteiger partial charge in [-0.1, -0.05) is 54.6 Å². The second kappa shape index (κ2) is 8.25. The fourth-order valence-corrected chi connectivity index (χ4v) is 3.34. The normalized spacial score (nSPS) is 17.0. The van der Waals surface area contributed by atoms with Gasteiger partial charge in [-0.25, -0.2) is 0 Å². The van der Waals surface area contributed by atoms with Gasteiger partial charge < -0.3 is 10.2 Å². The molecular weight excluding hydrogens is 330 g/mol. The predicted molar refractivity (Wildman–Crippen MR) is 99.1 cm³/mol. The molecule has 1 aliphatic rings. The molecule has 2 N–H and O–H groups in total. The molecular formula is C21H23NO4. The van der Waals surface area contributed by atoms with E-state index in [4.69, 9.17) is 0 Å². The van der Waals surface area contributed by atoms with Crippen LogP contribution >= 0.6 is 0 Å². The first-order chi connectivity index (χ1) is 12.5. The number of rotatable bonds is 6. The lowest BCUT2D eigenvalue weighted by atomic mass is 9.97. The number of nitrogens with zero attached hydrogens (tertiary/aromatic N) is 1. The highest BCUT2D eigenvalue weighted by Gasteiger charge is 2.31. The van der Waals surface area contributed by atoms with Crippen LogP contribution < -0.4 is 0 Å². The van der Waals surface area contributed by atoms with E-state index >= 15 is 0 Å². The van der Waals surface area contributed by atoms with Crippen LogP contribution in [-0.2, 0) is 4.79 Å². The Kier molecular flexibility index (Phi) is 5.81. The molecule has 0 amide bonds. The van der Waals surface area contributed by atoms with Crippen LogP contribution in [0.2, 0.25) is 0 Å². The maximum atomic E-state index is 12.6. The van der Waals surface area contributed by atoms with Crippen molar-refractivity contribution in [2.75, 3.05) is 13.1 Å². The molecule has 0 aliphatic carbocycles. The van der Waals surface area contributed by atoms with E-state index in [1.54, 1.807) is 17.0 Å². The zero-order valence-electron chi connectivity index (χ0n) is 14.5. The third-order valence-electron chi connectivity index (χ3n) is 4.92. The Morgan fingerprint density at radius 2 is 1.54 bits per heavy atom. The van der Waals surface area contributed by atoms with Crippen molar-refractivity contribution in [1.29, 1.82) is 0 Å². The predicted octanol–water partition coefficient (Wildman–Crippen LogP) is 2.84. The van der Waals surface area contributed by atoms with Crippen molar-refractivity contribution in [2.45, 2.75) is 31.4 Å². The number of carbonyl (C=O) groups excluding carboxylic acids is 1. The Morgan fingerprint density at radius 1 is 0.962 bits per heavy atom. The third-order valence-corrected chi connectivity index (χ3v) is 4.92. The molecule has 1 aliphatic heterocycles. The molecule has 26 heavy (non-hydrogen) atoms. The van der Waals surface area contributed by atoms with Gasteiger partial charge in [-0.05, 0) is 24.0 Å². The average Bonchev–Trinajstić information content (AvgIpc) is 2.67. The summed E-state index contributed by atoms with van der Waals surface area (Å²) in [7, 11) is 0. The highest BCUT2D eigenvalue weighted by atomic mass is 16.4. The van der Waals surface area contributed by atoms with Crippen LogP contribution in [0.15, 0.2) is 54.6 Å². The summed E-state index contributed by atoms with van der Waals surface area (Å²) in [6.45, 7) is 0.997. The number of hydrogen-bond acceptors (Lipinski definition) is 4. The number of carboxylic acids is 1. The summed E-state index contributed by atoms with van der Waals surface area (Å²) in [5.41, 5.74) is 2.61. The Morgan fingerprint density at radius 3 is 2.12 bits per heavy atom. The average molecular weight is 353 g/mol.